The molecule has 2 amide bonds. The van der Waals surface area contributed by atoms with Crippen molar-refractivity contribution in [2.75, 3.05) is 17.1 Å². The minimum Gasteiger partial charge on any atom is -0.350 e. The molecule has 3 aromatic carbocycles. The van der Waals surface area contributed by atoms with Crippen molar-refractivity contribution in [3.8, 4) is 0 Å². The van der Waals surface area contributed by atoms with Gasteiger partial charge in [-0.3, -0.25) is 13.9 Å². The van der Waals surface area contributed by atoms with Crippen LogP contribution in [0.1, 0.15) is 50.3 Å². The molecule has 1 N–H and O–H groups in total. The summed E-state index contributed by atoms with van der Waals surface area (Å²) in [7, 11) is -3.68. The Morgan fingerprint density at radius 3 is 2.26 bits per heavy atom. The van der Waals surface area contributed by atoms with E-state index in [-0.39, 0.29) is 49.7 Å². The molecule has 0 aliphatic heterocycles. The van der Waals surface area contributed by atoms with Gasteiger partial charge in [-0.1, -0.05) is 66.2 Å². The Morgan fingerprint density at radius 1 is 1.00 bits per heavy atom. The van der Waals surface area contributed by atoms with Crippen LogP contribution in [-0.4, -0.2) is 49.5 Å². The van der Waals surface area contributed by atoms with E-state index in [1.807, 2.05) is 51.1 Å². The summed E-state index contributed by atoms with van der Waals surface area (Å²) >= 11 is 6.15. The fourth-order valence-corrected chi connectivity index (χ4v) is 5.83. The van der Waals surface area contributed by atoms with Crippen molar-refractivity contribution in [1.29, 1.82) is 0 Å². The van der Waals surface area contributed by atoms with Gasteiger partial charge >= 0.3 is 0 Å². The Labute approximate surface area is 253 Å². The zero-order valence-electron chi connectivity index (χ0n) is 24.7. The number of aryl methyl sites for hydroxylation is 1. The minimum absolute atomic E-state index is 0.0246. The third-order valence-electron chi connectivity index (χ3n) is 6.66. The van der Waals surface area contributed by atoms with Crippen molar-refractivity contribution >= 4 is 39.1 Å². The lowest BCUT2D eigenvalue weighted by atomic mass is 10.00. The fraction of sp³-hybridized carbons (Fsp3) is 0.375. The molecule has 1 atom stereocenters. The smallest absolute Gasteiger partial charge is 0.243 e. The predicted molar refractivity (Wildman–Crippen MR) is 166 cm³/mol. The van der Waals surface area contributed by atoms with Crippen molar-refractivity contribution in [2.24, 2.45) is 0 Å². The van der Waals surface area contributed by atoms with Crippen LogP contribution in [0.3, 0.4) is 0 Å². The van der Waals surface area contributed by atoms with Gasteiger partial charge in [-0.2, -0.15) is 0 Å². The number of nitrogens with one attached hydrogen (secondary N) is 1. The van der Waals surface area contributed by atoms with Crippen molar-refractivity contribution in [1.82, 2.24) is 10.2 Å². The van der Waals surface area contributed by atoms with Crippen LogP contribution in [0, 0.1) is 12.7 Å². The molecule has 0 aromatic heterocycles. The summed E-state index contributed by atoms with van der Waals surface area (Å²) < 4.78 is 41.5. The Balaban J connectivity index is 1.93. The molecule has 0 saturated heterocycles. The normalized spacial score (nSPS) is 12.5. The Kier molecular flexibility index (Phi) is 11.2. The second kappa shape index (κ2) is 14.2. The molecule has 3 aromatic rings. The van der Waals surface area contributed by atoms with Crippen molar-refractivity contribution in [3.63, 3.8) is 0 Å². The molecule has 1 unspecified atom stereocenters. The van der Waals surface area contributed by atoms with Crippen LogP contribution < -0.4 is 9.62 Å². The molecule has 0 aliphatic carbocycles. The molecule has 0 saturated carbocycles. The number of carbonyl (C=O) groups is 2. The van der Waals surface area contributed by atoms with E-state index in [1.165, 1.54) is 15.3 Å². The van der Waals surface area contributed by atoms with Crippen molar-refractivity contribution in [2.45, 2.75) is 65.1 Å². The van der Waals surface area contributed by atoms with Gasteiger partial charge < -0.3 is 10.2 Å². The van der Waals surface area contributed by atoms with Crippen LogP contribution >= 0.6 is 11.6 Å². The van der Waals surface area contributed by atoms with E-state index in [4.69, 9.17) is 11.6 Å². The highest BCUT2D eigenvalue weighted by molar-refractivity contribution is 7.92. The van der Waals surface area contributed by atoms with Gasteiger partial charge in [0.1, 0.15) is 11.9 Å². The molecule has 0 radical (unpaired) electrons. The van der Waals surface area contributed by atoms with E-state index < -0.39 is 27.4 Å². The molecular formula is C32H39ClFN3O4S. The summed E-state index contributed by atoms with van der Waals surface area (Å²) in [5, 5.41) is 3.37. The van der Waals surface area contributed by atoms with Gasteiger partial charge in [0.15, 0.2) is 0 Å². The Hall–Kier alpha value is -3.43. The van der Waals surface area contributed by atoms with Gasteiger partial charge in [0.2, 0.25) is 21.8 Å². The molecule has 3 rings (SSSR count). The summed E-state index contributed by atoms with van der Waals surface area (Å²) in [4.78, 5) is 28.9. The second-order valence-electron chi connectivity index (χ2n) is 11.4. The number of hydrogen-bond donors (Lipinski definition) is 1. The number of sulfonamides is 1. The van der Waals surface area contributed by atoms with Crippen LogP contribution in [-0.2, 0) is 32.6 Å². The molecule has 226 valence electrons. The topological polar surface area (TPSA) is 86.8 Å². The fourth-order valence-electron chi connectivity index (χ4n) is 4.65. The largest absolute Gasteiger partial charge is 0.350 e. The lowest BCUT2D eigenvalue weighted by Crippen LogP contribution is -2.54. The number of nitrogens with zero attached hydrogens (tertiary/aromatic N) is 2. The first-order valence-corrected chi connectivity index (χ1v) is 16.0. The van der Waals surface area contributed by atoms with Crippen LogP contribution in [0.5, 0.6) is 0 Å². The zero-order chi connectivity index (χ0) is 31.1. The molecule has 0 spiro atoms. The average molecular weight is 616 g/mol. The summed E-state index contributed by atoms with van der Waals surface area (Å²) in [5.41, 5.74) is 1.72. The van der Waals surface area contributed by atoms with E-state index in [0.717, 1.165) is 17.4 Å². The monoisotopic (exact) mass is 615 g/mol. The van der Waals surface area contributed by atoms with E-state index in [2.05, 4.69) is 5.32 Å². The van der Waals surface area contributed by atoms with Gasteiger partial charge in [0, 0.05) is 42.1 Å². The number of carbonyl (C=O) groups excluding carboxylic acids is 2. The molecule has 10 heteroatoms. The second-order valence-corrected chi connectivity index (χ2v) is 13.8. The highest BCUT2D eigenvalue weighted by atomic mass is 35.5. The lowest BCUT2D eigenvalue weighted by molar-refractivity contribution is -0.142. The summed E-state index contributed by atoms with van der Waals surface area (Å²) in [6.07, 6.45) is 1.44. The average Bonchev–Trinajstić information content (AvgIpc) is 2.90. The van der Waals surface area contributed by atoms with Crippen LogP contribution in [0.4, 0.5) is 10.1 Å². The molecule has 0 fully saturated rings. The summed E-state index contributed by atoms with van der Waals surface area (Å²) in [6.45, 7) is 7.25. The van der Waals surface area contributed by atoms with E-state index in [0.29, 0.717) is 10.7 Å². The van der Waals surface area contributed by atoms with Crippen LogP contribution in [0.15, 0.2) is 72.8 Å². The maximum absolute atomic E-state index is 14.8. The quantitative estimate of drug-likeness (QED) is 0.275. The molecular weight excluding hydrogens is 577 g/mol. The minimum atomic E-state index is -3.68. The van der Waals surface area contributed by atoms with Gasteiger partial charge in [0.05, 0.1) is 11.9 Å². The van der Waals surface area contributed by atoms with E-state index in [1.54, 1.807) is 43.3 Å². The van der Waals surface area contributed by atoms with Crippen molar-refractivity contribution < 1.29 is 22.4 Å². The maximum atomic E-state index is 14.8. The first kappa shape index (κ1) is 33.1. The molecule has 42 heavy (non-hydrogen) atoms. The molecule has 0 aliphatic rings. The molecule has 0 bridgehead atoms. The number of rotatable bonds is 12. The zero-order valence-corrected chi connectivity index (χ0v) is 26.3. The number of halogens is 2. The van der Waals surface area contributed by atoms with Gasteiger partial charge in [-0.25, -0.2) is 12.8 Å². The highest BCUT2D eigenvalue weighted by Gasteiger charge is 2.32. The number of hydrogen-bond acceptors (Lipinski definition) is 4. The molecule has 7 nitrogen and oxygen atoms in total. The summed E-state index contributed by atoms with van der Waals surface area (Å²) in [6, 6.07) is 19.5. The molecule has 0 heterocycles. The van der Waals surface area contributed by atoms with Crippen LogP contribution in [0.2, 0.25) is 5.02 Å². The van der Waals surface area contributed by atoms with Gasteiger partial charge in [-0.15, -0.1) is 0 Å². The van der Waals surface area contributed by atoms with Crippen molar-refractivity contribution in [3.05, 3.63) is 100 Å². The summed E-state index contributed by atoms with van der Waals surface area (Å²) in [5.74, 6) is -1.23. The SMILES string of the molecule is Cc1ccc(Cl)cc1N(CCCC(=O)N(Cc1ccccc1F)C(Cc1ccccc1)C(=O)NC(C)(C)C)S(C)(=O)=O. The Morgan fingerprint density at radius 2 is 1.64 bits per heavy atom. The predicted octanol–water partition coefficient (Wildman–Crippen LogP) is 5.89. The van der Waals surface area contributed by atoms with Gasteiger partial charge in [0.25, 0.3) is 0 Å². The van der Waals surface area contributed by atoms with Gasteiger partial charge in [-0.05, 0) is 63.4 Å². The maximum Gasteiger partial charge on any atom is 0.243 e. The third-order valence-corrected chi connectivity index (χ3v) is 8.07. The standard InChI is InChI=1S/C32H39ClFN3O4S/c1-23-17-18-26(33)21-28(23)37(42(5,40)41)19-11-16-30(38)36(22-25-14-9-10-15-27(25)34)29(31(39)35-32(2,3)4)20-24-12-7-6-8-13-24/h6-10,12-15,17-18,21,29H,11,16,19-20,22H2,1-5H3,(H,35,39). The highest BCUT2D eigenvalue weighted by Crippen LogP contribution is 2.27. The lowest BCUT2D eigenvalue weighted by Gasteiger charge is -2.34. The van der Waals surface area contributed by atoms with Crippen LogP contribution in [0.25, 0.3) is 0 Å². The van der Waals surface area contributed by atoms with E-state index in [9.17, 15) is 22.4 Å². The Bertz CT molecular complexity index is 1490. The first-order valence-electron chi connectivity index (χ1n) is 13.8. The number of benzene rings is 3. The first-order chi connectivity index (χ1) is 19.7. The number of anilines is 1. The van der Waals surface area contributed by atoms with E-state index >= 15 is 0 Å². The number of amides is 2. The third kappa shape index (κ3) is 9.56.